The Hall–Kier alpha value is -1.14. The van der Waals surface area contributed by atoms with Crippen molar-refractivity contribution < 1.29 is 14.4 Å². The number of imide groups is 1. The van der Waals surface area contributed by atoms with Gasteiger partial charge in [0.1, 0.15) is 6.54 Å². The first-order valence-electron chi connectivity index (χ1n) is 9.49. The summed E-state index contributed by atoms with van der Waals surface area (Å²) < 4.78 is 0. The fourth-order valence-electron chi connectivity index (χ4n) is 4.48. The SMILES string of the molecule is CCCN(C(=O)CN1C(=O)C2CCCCC2C1=O)C1CCNCC1.Cl. The van der Waals surface area contributed by atoms with E-state index in [1.165, 1.54) is 4.90 Å². The third-order valence-corrected chi connectivity index (χ3v) is 5.76. The van der Waals surface area contributed by atoms with E-state index in [0.717, 1.165) is 58.0 Å². The summed E-state index contributed by atoms with van der Waals surface area (Å²) in [6.45, 7) is 4.54. The Morgan fingerprint density at radius 2 is 1.64 bits per heavy atom. The fourth-order valence-corrected chi connectivity index (χ4v) is 4.48. The number of hydrogen-bond acceptors (Lipinski definition) is 4. The van der Waals surface area contributed by atoms with Gasteiger partial charge in [-0.1, -0.05) is 19.8 Å². The number of fused-ring (bicyclic) bond motifs is 1. The van der Waals surface area contributed by atoms with Crippen molar-refractivity contribution in [2.24, 2.45) is 11.8 Å². The van der Waals surface area contributed by atoms with Crippen LogP contribution in [0.2, 0.25) is 0 Å². The van der Waals surface area contributed by atoms with E-state index < -0.39 is 0 Å². The topological polar surface area (TPSA) is 69.7 Å². The third kappa shape index (κ3) is 4.17. The molecule has 2 saturated heterocycles. The minimum absolute atomic E-state index is 0. The molecule has 0 bridgehead atoms. The lowest BCUT2D eigenvalue weighted by Gasteiger charge is -2.35. The van der Waals surface area contributed by atoms with Gasteiger partial charge in [-0.05, 0) is 45.2 Å². The van der Waals surface area contributed by atoms with Crippen LogP contribution in [-0.4, -0.2) is 59.7 Å². The molecule has 25 heavy (non-hydrogen) atoms. The van der Waals surface area contributed by atoms with Crippen LogP contribution < -0.4 is 5.32 Å². The Labute approximate surface area is 156 Å². The lowest BCUT2D eigenvalue weighted by atomic mass is 9.81. The second-order valence-electron chi connectivity index (χ2n) is 7.33. The van der Waals surface area contributed by atoms with Crippen LogP contribution in [0.3, 0.4) is 0 Å². The van der Waals surface area contributed by atoms with Crippen molar-refractivity contribution >= 4 is 30.1 Å². The molecule has 3 rings (SSSR count). The normalized spacial score (nSPS) is 27.0. The van der Waals surface area contributed by atoms with Crippen LogP contribution in [0, 0.1) is 11.8 Å². The number of halogens is 1. The molecule has 0 aromatic carbocycles. The minimum Gasteiger partial charge on any atom is -0.338 e. The Bertz CT molecular complexity index is 484. The predicted octanol–water partition coefficient (Wildman–Crippen LogP) is 1.57. The van der Waals surface area contributed by atoms with Gasteiger partial charge in [0.2, 0.25) is 17.7 Å². The third-order valence-electron chi connectivity index (χ3n) is 5.76. The van der Waals surface area contributed by atoms with E-state index in [1.54, 1.807) is 0 Å². The summed E-state index contributed by atoms with van der Waals surface area (Å²) in [5.74, 6) is -0.626. The molecule has 3 amide bonds. The number of carbonyl (C=O) groups is 3. The number of piperidine rings is 1. The van der Waals surface area contributed by atoms with Gasteiger partial charge in [-0.25, -0.2) is 0 Å². The number of hydrogen-bond donors (Lipinski definition) is 1. The van der Waals surface area contributed by atoms with E-state index in [9.17, 15) is 14.4 Å². The molecule has 1 aliphatic carbocycles. The van der Waals surface area contributed by atoms with Crippen molar-refractivity contribution in [3.8, 4) is 0 Å². The van der Waals surface area contributed by atoms with Gasteiger partial charge in [-0.15, -0.1) is 12.4 Å². The van der Waals surface area contributed by atoms with Crippen molar-refractivity contribution in [1.29, 1.82) is 0 Å². The van der Waals surface area contributed by atoms with Crippen LogP contribution in [0.4, 0.5) is 0 Å². The number of amides is 3. The molecule has 1 saturated carbocycles. The van der Waals surface area contributed by atoms with E-state index in [0.29, 0.717) is 6.54 Å². The van der Waals surface area contributed by atoms with E-state index in [4.69, 9.17) is 0 Å². The summed E-state index contributed by atoms with van der Waals surface area (Å²) in [5, 5.41) is 3.31. The van der Waals surface area contributed by atoms with Crippen molar-refractivity contribution in [2.75, 3.05) is 26.2 Å². The standard InChI is InChI=1S/C18H29N3O3.ClH/c1-2-11-20(13-7-9-19-10-8-13)16(22)12-21-17(23)14-5-3-4-6-15(14)18(21)24;/h13-15,19H,2-12H2,1H3;1H. The largest absolute Gasteiger partial charge is 0.338 e. The zero-order chi connectivity index (χ0) is 17.1. The first-order valence-corrected chi connectivity index (χ1v) is 9.49. The van der Waals surface area contributed by atoms with Crippen LogP contribution in [-0.2, 0) is 14.4 Å². The molecule has 2 unspecified atom stereocenters. The van der Waals surface area contributed by atoms with E-state index >= 15 is 0 Å². The van der Waals surface area contributed by atoms with Gasteiger partial charge in [-0.3, -0.25) is 19.3 Å². The summed E-state index contributed by atoms with van der Waals surface area (Å²) in [6.07, 6.45) is 6.40. The van der Waals surface area contributed by atoms with Crippen LogP contribution in [0.1, 0.15) is 51.9 Å². The molecule has 2 atom stereocenters. The molecule has 142 valence electrons. The van der Waals surface area contributed by atoms with Gasteiger partial charge >= 0.3 is 0 Å². The highest BCUT2D eigenvalue weighted by Crippen LogP contribution is 2.37. The van der Waals surface area contributed by atoms with Gasteiger partial charge in [-0.2, -0.15) is 0 Å². The van der Waals surface area contributed by atoms with Crippen LogP contribution in [0.5, 0.6) is 0 Å². The molecule has 0 spiro atoms. The Morgan fingerprint density at radius 3 is 2.16 bits per heavy atom. The van der Waals surface area contributed by atoms with Gasteiger partial charge in [0, 0.05) is 12.6 Å². The molecule has 2 heterocycles. The maximum absolute atomic E-state index is 12.8. The Kier molecular flexibility index (Phi) is 7.25. The number of carbonyl (C=O) groups excluding carboxylic acids is 3. The number of likely N-dealkylation sites (tertiary alicyclic amines) is 1. The highest BCUT2D eigenvalue weighted by molar-refractivity contribution is 6.07. The molecule has 2 aliphatic heterocycles. The van der Waals surface area contributed by atoms with Crippen LogP contribution in [0.25, 0.3) is 0 Å². The van der Waals surface area contributed by atoms with Crippen molar-refractivity contribution in [2.45, 2.75) is 57.9 Å². The van der Waals surface area contributed by atoms with E-state index in [1.807, 2.05) is 4.90 Å². The summed E-state index contributed by atoms with van der Waals surface area (Å²) in [7, 11) is 0. The maximum atomic E-state index is 12.8. The fraction of sp³-hybridized carbons (Fsp3) is 0.833. The van der Waals surface area contributed by atoms with Crippen molar-refractivity contribution in [3.63, 3.8) is 0 Å². The van der Waals surface area contributed by atoms with Crippen molar-refractivity contribution in [1.82, 2.24) is 15.1 Å². The maximum Gasteiger partial charge on any atom is 0.242 e. The molecule has 6 nitrogen and oxygen atoms in total. The number of rotatable bonds is 5. The van der Waals surface area contributed by atoms with Gasteiger partial charge in [0.05, 0.1) is 11.8 Å². The Balaban J connectivity index is 0.00000225. The molecule has 3 aliphatic rings. The second-order valence-corrected chi connectivity index (χ2v) is 7.33. The van der Waals surface area contributed by atoms with Crippen molar-refractivity contribution in [3.05, 3.63) is 0 Å². The van der Waals surface area contributed by atoms with Crippen LogP contribution in [0.15, 0.2) is 0 Å². The summed E-state index contributed by atoms with van der Waals surface area (Å²) >= 11 is 0. The molecule has 7 heteroatoms. The summed E-state index contributed by atoms with van der Waals surface area (Å²) in [6, 6.07) is 0.230. The molecule has 0 aromatic heterocycles. The zero-order valence-electron chi connectivity index (χ0n) is 15.0. The minimum atomic E-state index is -0.169. The highest BCUT2D eigenvalue weighted by atomic mass is 35.5. The van der Waals surface area contributed by atoms with E-state index in [-0.39, 0.29) is 54.6 Å². The summed E-state index contributed by atoms with van der Waals surface area (Å²) in [5.41, 5.74) is 0. The highest BCUT2D eigenvalue weighted by Gasteiger charge is 2.48. The predicted molar refractivity (Wildman–Crippen MR) is 97.3 cm³/mol. The molecule has 3 fully saturated rings. The van der Waals surface area contributed by atoms with E-state index in [2.05, 4.69) is 12.2 Å². The lowest BCUT2D eigenvalue weighted by molar-refractivity contribution is -0.147. The number of nitrogens with zero attached hydrogens (tertiary/aromatic N) is 2. The molecular formula is C18H30ClN3O3. The molecule has 0 aromatic rings. The average Bonchev–Trinajstić information content (AvgIpc) is 2.85. The quantitative estimate of drug-likeness (QED) is 0.745. The lowest BCUT2D eigenvalue weighted by Crippen LogP contribution is -2.50. The zero-order valence-corrected chi connectivity index (χ0v) is 15.9. The first-order chi connectivity index (χ1) is 11.6. The van der Waals surface area contributed by atoms with Crippen LogP contribution >= 0.6 is 12.4 Å². The first kappa shape index (κ1) is 20.2. The molecular weight excluding hydrogens is 342 g/mol. The summed E-state index contributed by atoms with van der Waals surface area (Å²) in [4.78, 5) is 41.1. The monoisotopic (exact) mass is 371 g/mol. The molecule has 0 radical (unpaired) electrons. The number of nitrogens with one attached hydrogen (secondary N) is 1. The Morgan fingerprint density at radius 1 is 1.08 bits per heavy atom. The smallest absolute Gasteiger partial charge is 0.242 e. The second kappa shape index (κ2) is 8.99. The van der Waals surface area contributed by atoms with Gasteiger partial charge in [0.25, 0.3) is 0 Å². The molecule has 1 N–H and O–H groups in total. The van der Waals surface area contributed by atoms with Gasteiger partial charge < -0.3 is 10.2 Å². The van der Waals surface area contributed by atoms with Gasteiger partial charge in [0.15, 0.2) is 0 Å². The average molecular weight is 372 g/mol.